The number of benzene rings is 1. The van der Waals surface area contributed by atoms with Crippen LogP contribution in [0, 0.1) is 5.92 Å². The predicted octanol–water partition coefficient (Wildman–Crippen LogP) is 2.91. The van der Waals surface area contributed by atoms with Crippen molar-refractivity contribution in [1.82, 2.24) is 0 Å². The van der Waals surface area contributed by atoms with Crippen LogP contribution in [0.15, 0.2) is 24.3 Å². The van der Waals surface area contributed by atoms with Crippen molar-refractivity contribution in [2.24, 2.45) is 5.92 Å². The summed E-state index contributed by atoms with van der Waals surface area (Å²) < 4.78 is 4.93. The molecule has 0 saturated carbocycles. The molecule has 0 saturated heterocycles. The molecule has 1 rings (SSSR count). The molecule has 1 aromatic carbocycles. The smallest absolute Gasteiger partial charge is 0.227 e. The first-order valence-corrected chi connectivity index (χ1v) is 5.32. The van der Waals surface area contributed by atoms with Crippen LogP contribution in [0.2, 0.25) is 5.02 Å². The summed E-state index contributed by atoms with van der Waals surface area (Å²) in [5.74, 6) is -0.337. The first-order chi connectivity index (χ1) is 7.15. The number of hydrogen-bond donors (Lipinski definition) is 0. The fourth-order valence-corrected chi connectivity index (χ4v) is 1.69. The second kappa shape index (κ2) is 6.11. The number of carbonyl (C=O) groups excluding carboxylic acids is 1. The monoisotopic (exact) mass is 246 g/mol. The van der Waals surface area contributed by atoms with E-state index in [1.807, 2.05) is 18.2 Å². The lowest BCUT2D eigenvalue weighted by Gasteiger charge is -2.12. The first kappa shape index (κ1) is 12.5. The Morgan fingerprint density at radius 3 is 2.67 bits per heavy atom. The molecule has 1 atom stereocenters. The zero-order chi connectivity index (χ0) is 11.3. The van der Waals surface area contributed by atoms with E-state index in [0.717, 1.165) is 5.56 Å². The van der Waals surface area contributed by atoms with Gasteiger partial charge in [0.25, 0.3) is 0 Å². The van der Waals surface area contributed by atoms with Gasteiger partial charge in [-0.15, -0.1) is 0 Å². The maximum atomic E-state index is 11.1. The molecular weight excluding hydrogens is 235 g/mol. The van der Waals surface area contributed by atoms with Gasteiger partial charge < -0.3 is 4.74 Å². The van der Waals surface area contributed by atoms with Gasteiger partial charge in [0.05, 0.1) is 12.5 Å². The van der Waals surface area contributed by atoms with E-state index in [-0.39, 0.29) is 5.92 Å². The van der Waals surface area contributed by atoms with Crippen molar-refractivity contribution in [1.29, 1.82) is 0 Å². The summed E-state index contributed by atoms with van der Waals surface area (Å²) in [5.41, 5.74) is 0.912. The standard InChI is InChI=1S/C11H12Cl2O2/c1-15-7-9(11(13)14)6-8-4-2-3-5-10(8)12/h2-5,9H,6-7H2,1H3. The molecule has 0 N–H and O–H groups in total. The molecule has 0 heterocycles. The summed E-state index contributed by atoms with van der Waals surface area (Å²) in [7, 11) is 1.54. The van der Waals surface area contributed by atoms with Crippen molar-refractivity contribution in [2.45, 2.75) is 6.42 Å². The number of hydrogen-bond acceptors (Lipinski definition) is 2. The van der Waals surface area contributed by atoms with Crippen molar-refractivity contribution < 1.29 is 9.53 Å². The third kappa shape index (κ3) is 3.82. The lowest BCUT2D eigenvalue weighted by atomic mass is 10.0. The molecule has 0 bridgehead atoms. The largest absolute Gasteiger partial charge is 0.384 e. The molecule has 1 unspecified atom stereocenters. The van der Waals surface area contributed by atoms with Crippen LogP contribution >= 0.6 is 23.2 Å². The van der Waals surface area contributed by atoms with Crippen LogP contribution in [0.5, 0.6) is 0 Å². The molecule has 0 aliphatic carbocycles. The van der Waals surface area contributed by atoms with Gasteiger partial charge in [-0.25, -0.2) is 0 Å². The molecule has 0 aliphatic heterocycles. The number of ether oxygens (including phenoxy) is 1. The summed E-state index contributed by atoms with van der Waals surface area (Å²) in [6.45, 7) is 0.313. The van der Waals surface area contributed by atoms with Crippen LogP contribution in [-0.4, -0.2) is 19.0 Å². The Morgan fingerprint density at radius 1 is 1.47 bits per heavy atom. The topological polar surface area (TPSA) is 26.3 Å². The lowest BCUT2D eigenvalue weighted by molar-refractivity contribution is -0.116. The SMILES string of the molecule is COCC(Cc1ccccc1Cl)C(=O)Cl. The van der Waals surface area contributed by atoms with Gasteiger partial charge in [0, 0.05) is 12.1 Å². The third-order valence-electron chi connectivity index (χ3n) is 2.11. The van der Waals surface area contributed by atoms with Crippen LogP contribution in [0.3, 0.4) is 0 Å². The van der Waals surface area contributed by atoms with Crippen LogP contribution in [0.4, 0.5) is 0 Å². The van der Waals surface area contributed by atoms with Gasteiger partial charge in [0.2, 0.25) is 5.24 Å². The molecule has 0 amide bonds. The molecule has 0 radical (unpaired) electrons. The third-order valence-corrected chi connectivity index (χ3v) is 2.79. The second-order valence-corrected chi connectivity index (χ2v) is 4.03. The molecule has 0 aromatic heterocycles. The van der Waals surface area contributed by atoms with Crippen LogP contribution < -0.4 is 0 Å². The van der Waals surface area contributed by atoms with Gasteiger partial charge in [-0.2, -0.15) is 0 Å². The first-order valence-electron chi connectivity index (χ1n) is 4.57. The highest BCUT2D eigenvalue weighted by atomic mass is 35.5. The highest BCUT2D eigenvalue weighted by molar-refractivity contribution is 6.64. The summed E-state index contributed by atoms with van der Waals surface area (Å²) >= 11 is 11.4. The Kier molecular flexibility index (Phi) is 5.09. The molecule has 2 nitrogen and oxygen atoms in total. The van der Waals surface area contributed by atoms with E-state index < -0.39 is 5.24 Å². The normalized spacial score (nSPS) is 12.5. The molecule has 0 fully saturated rings. The predicted molar refractivity (Wildman–Crippen MR) is 61.4 cm³/mol. The zero-order valence-electron chi connectivity index (χ0n) is 8.37. The summed E-state index contributed by atoms with van der Waals surface area (Å²) in [5, 5.41) is 0.258. The maximum Gasteiger partial charge on any atom is 0.227 e. The van der Waals surface area contributed by atoms with Gasteiger partial charge in [-0.3, -0.25) is 4.79 Å². The summed E-state index contributed by atoms with van der Waals surface area (Å²) in [6.07, 6.45) is 0.510. The van der Waals surface area contributed by atoms with Crippen molar-refractivity contribution in [3.63, 3.8) is 0 Å². The van der Waals surface area contributed by atoms with Crippen molar-refractivity contribution >= 4 is 28.4 Å². The molecule has 82 valence electrons. The van der Waals surface area contributed by atoms with Gasteiger partial charge >= 0.3 is 0 Å². The van der Waals surface area contributed by atoms with Crippen molar-refractivity contribution in [3.8, 4) is 0 Å². The number of carbonyl (C=O) groups is 1. The molecule has 15 heavy (non-hydrogen) atoms. The number of halogens is 2. The zero-order valence-corrected chi connectivity index (χ0v) is 9.89. The van der Waals surface area contributed by atoms with Gasteiger partial charge in [0.15, 0.2) is 0 Å². The van der Waals surface area contributed by atoms with Gasteiger partial charge in [0.1, 0.15) is 0 Å². The number of rotatable bonds is 5. The van der Waals surface area contributed by atoms with Crippen molar-refractivity contribution in [3.05, 3.63) is 34.9 Å². The minimum Gasteiger partial charge on any atom is -0.384 e. The van der Waals surface area contributed by atoms with E-state index in [9.17, 15) is 4.79 Å². The maximum absolute atomic E-state index is 11.1. The van der Waals surface area contributed by atoms with Crippen LogP contribution in [0.25, 0.3) is 0 Å². The minimum absolute atomic E-state index is 0.313. The van der Waals surface area contributed by atoms with Gasteiger partial charge in [-0.05, 0) is 29.7 Å². The Morgan fingerprint density at radius 2 is 2.13 bits per heavy atom. The Hall–Kier alpha value is -0.570. The average Bonchev–Trinajstić information content (AvgIpc) is 2.20. The fraction of sp³-hybridized carbons (Fsp3) is 0.364. The summed E-state index contributed by atoms with van der Waals surface area (Å²) in [6, 6.07) is 7.40. The van der Waals surface area contributed by atoms with Crippen LogP contribution in [0.1, 0.15) is 5.56 Å². The molecule has 0 aliphatic rings. The molecular formula is C11H12Cl2O2. The summed E-state index contributed by atoms with van der Waals surface area (Å²) in [4.78, 5) is 11.1. The highest BCUT2D eigenvalue weighted by Crippen LogP contribution is 2.20. The van der Waals surface area contributed by atoms with E-state index in [2.05, 4.69) is 0 Å². The van der Waals surface area contributed by atoms with E-state index in [1.165, 1.54) is 0 Å². The highest BCUT2D eigenvalue weighted by Gasteiger charge is 2.17. The van der Waals surface area contributed by atoms with Gasteiger partial charge in [-0.1, -0.05) is 29.8 Å². The Bertz CT molecular complexity index is 339. The van der Waals surface area contributed by atoms with E-state index in [1.54, 1.807) is 13.2 Å². The van der Waals surface area contributed by atoms with Crippen molar-refractivity contribution in [2.75, 3.05) is 13.7 Å². The Balaban J connectivity index is 2.74. The molecule has 1 aromatic rings. The quantitative estimate of drug-likeness (QED) is 0.748. The molecule has 0 spiro atoms. The minimum atomic E-state index is -0.392. The van der Waals surface area contributed by atoms with E-state index in [0.29, 0.717) is 18.1 Å². The average molecular weight is 247 g/mol. The Labute approximate surface area is 99.1 Å². The number of methoxy groups -OCH3 is 1. The lowest BCUT2D eigenvalue weighted by Crippen LogP contribution is -2.18. The molecule has 4 heteroatoms. The van der Waals surface area contributed by atoms with E-state index in [4.69, 9.17) is 27.9 Å². The van der Waals surface area contributed by atoms with Crippen LogP contribution in [-0.2, 0) is 16.0 Å². The van der Waals surface area contributed by atoms with E-state index >= 15 is 0 Å². The fourth-order valence-electron chi connectivity index (χ4n) is 1.34. The second-order valence-electron chi connectivity index (χ2n) is 3.25.